The summed E-state index contributed by atoms with van der Waals surface area (Å²) in [5.41, 5.74) is 8.55. The van der Waals surface area contributed by atoms with Gasteiger partial charge in [0.15, 0.2) is 0 Å². The molecule has 0 aliphatic heterocycles. The normalized spacial score (nSPS) is 10.5. The Bertz CT molecular complexity index is 569. The van der Waals surface area contributed by atoms with Crippen LogP contribution < -0.4 is 10.6 Å². The van der Waals surface area contributed by atoms with Crippen LogP contribution in [-0.4, -0.2) is 16.6 Å². The number of nitrogens with two attached hydrogens (primary N) is 1. The molecule has 0 aliphatic carbocycles. The van der Waals surface area contributed by atoms with Gasteiger partial charge in [0.05, 0.1) is 5.69 Å². The first-order valence-electron chi connectivity index (χ1n) is 6.39. The quantitative estimate of drug-likeness (QED) is 0.884. The van der Waals surface area contributed by atoms with Crippen LogP contribution in [0.1, 0.15) is 18.2 Å². The zero-order valence-corrected chi connectivity index (χ0v) is 11.3. The van der Waals surface area contributed by atoms with Crippen LogP contribution in [0, 0.1) is 6.92 Å². The Morgan fingerprint density at radius 1 is 1.26 bits per heavy atom. The first kappa shape index (κ1) is 13.4. The second kappa shape index (κ2) is 5.71. The number of pyridine rings is 1. The van der Waals surface area contributed by atoms with Crippen molar-refractivity contribution >= 4 is 11.5 Å². The Balaban J connectivity index is 2.46. The fraction of sp³-hybridized carbons (Fsp3) is 0.267. The lowest BCUT2D eigenvalue weighted by Crippen LogP contribution is -2.19. The molecule has 0 aliphatic rings. The van der Waals surface area contributed by atoms with Crippen molar-refractivity contribution < 1.29 is 5.11 Å². The molecule has 0 bridgehead atoms. The lowest BCUT2D eigenvalue weighted by Gasteiger charge is -2.24. The minimum absolute atomic E-state index is 0.258. The van der Waals surface area contributed by atoms with Gasteiger partial charge in [0.25, 0.3) is 0 Å². The van der Waals surface area contributed by atoms with Gasteiger partial charge in [-0.2, -0.15) is 0 Å². The van der Waals surface area contributed by atoms with Gasteiger partial charge in [0.2, 0.25) is 0 Å². The summed E-state index contributed by atoms with van der Waals surface area (Å²) >= 11 is 0. The first-order valence-corrected chi connectivity index (χ1v) is 6.39. The number of aromatic nitrogens is 1. The summed E-state index contributed by atoms with van der Waals surface area (Å²) in [5.74, 6) is 1.10. The molecule has 0 spiro atoms. The van der Waals surface area contributed by atoms with E-state index in [4.69, 9.17) is 5.73 Å². The molecule has 4 nitrogen and oxygen atoms in total. The van der Waals surface area contributed by atoms with Crippen LogP contribution >= 0.6 is 0 Å². The van der Waals surface area contributed by atoms with E-state index in [2.05, 4.69) is 16.8 Å². The predicted octanol–water partition coefficient (Wildman–Crippen LogP) is 2.71. The fourth-order valence-corrected chi connectivity index (χ4v) is 2.08. The lowest BCUT2D eigenvalue weighted by molar-refractivity contribution is 0.475. The van der Waals surface area contributed by atoms with Crippen LogP contribution in [0.3, 0.4) is 0 Å². The SMILES string of the molecule is CCN(c1cccc(CN)n1)c1cc(O)ccc1C. The highest BCUT2D eigenvalue weighted by molar-refractivity contribution is 5.65. The minimum Gasteiger partial charge on any atom is -0.508 e. The van der Waals surface area contributed by atoms with Crippen LogP contribution in [0.5, 0.6) is 5.75 Å². The van der Waals surface area contributed by atoms with Crippen LogP contribution in [-0.2, 0) is 6.54 Å². The number of phenolic OH excluding ortho intramolecular Hbond substituents is 1. The van der Waals surface area contributed by atoms with Crippen LogP contribution in [0.2, 0.25) is 0 Å². The second-order valence-corrected chi connectivity index (χ2v) is 4.41. The average Bonchev–Trinajstić information content (AvgIpc) is 2.44. The molecule has 0 saturated carbocycles. The summed E-state index contributed by atoms with van der Waals surface area (Å²) in [5, 5.41) is 9.66. The van der Waals surface area contributed by atoms with Crippen molar-refractivity contribution in [2.75, 3.05) is 11.4 Å². The Morgan fingerprint density at radius 3 is 2.74 bits per heavy atom. The van der Waals surface area contributed by atoms with Gasteiger partial charge in [0.1, 0.15) is 11.6 Å². The summed E-state index contributed by atoms with van der Waals surface area (Å²) < 4.78 is 0. The molecule has 19 heavy (non-hydrogen) atoms. The van der Waals surface area contributed by atoms with Gasteiger partial charge in [-0.3, -0.25) is 0 Å². The van der Waals surface area contributed by atoms with Crippen molar-refractivity contribution in [2.45, 2.75) is 20.4 Å². The molecule has 4 heteroatoms. The molecule has 0 radical (unpaired) electrons. The van der Waals surface area contributed by atoms with E-state index in [-0.39, 0.29) is 5.75 Å². The van der Waals surface area contributed by atoms with Crippen LogP contribution in [0.25, 0.3) is 0 Å². The number of anilines is 2. The van der Waals surface area contributed by atoms with Crippen molar-refractivity contribution in [1.29, 1.82) is 0 Å². The highest BCUT2D eigenvalue weighted by Crippen LogP contribution is 2.29. The highest BCUT2D eigenvalue weighted by atomic mass is 16.3. The monoisotopic (exact) mass is 257 g/mol. The molecule has 0 saturated heterocycles. The third kappa shape index (κ3) is 2.85. The summed E-state index contributed by atoms with van der Waals surface area (Å²) in [6.07, 6.45) is 0. The van der Waals surface area contributed by atoms with Crippen LogP contribution in [0.4, 0.5) is 11.5 Å². The third-order valence-corrected chi connectivity index (χ3v) is 3.08. The summed E-state index contributed by atoms with van der Waals surface area (Å²) in [6, 6.07) is 11.2. The van der Waals surface area contributed by atoms with E-state index in [1.165, 1.54) is 0 Å². The maximum absolute atomic E-state index is 9.66. The topological polar surface area (TPSA) is 62.4 Å². The van der Waals surface area contributed by atoms with E-state index < -0.39 is 0 Å². The van der Waals surface area contributed by atoms with E-state index in [1.807, 2.05) is 31.2 Å². The average molecular weight is 257 g/mol. The van der Waals surface area contributed by atoms with E-state index in [1.54, 1.807) is 12.1 Å². The van der Waals surface area contributed by atoms with E-state index in [0.717, 1.165) is 29.3 Å². The summed E-state index contributed by atoms with van der Waals surface area (Å²) in [6.45, 7) is 5.26. The Kier molecular flexibility index (Phi) is 4.02. The maximum Gasteiger partial charge on any atom is 0.133 e. The van der Waals surface area contributed by atoms with E-state index >= 15 is 0 Å². The van der Waals surface area contributed by atoms with Crippen molar-refractivity contribution in [1.82, 2.24) is 4.98 Å². The standard InChI is InChI=1S/C15H19N3O/c1-3-18(14-9-13(19)8-7-11(14)2)15-6-4-5-12(10-16)17-15/h4-9,19H,3,10,16H2,1-2H3. The third-order valence-electron chi connectivity index (χ3n) is 3.08. The van der Waals surface area contributed by atoms with Crippen molar-refractivity contribution in [3.8, 4) is 5.75 Å². The second-order valence-electron chi connectivity index (χ2n) is 4.41. The molecule has 1 heterocycles. The minimum atomic E-state index is 0.258. The molecule has 0 fully saturated rings. The smallest absolute Gasteiger partial charge is 0.133 e. The Morgan fingerprint density at radius 2 is 2.05 bits per heavy atom. The summed E-state index contributed by atoms with van der Waals surface area (Å²) in [7, 11) is 0. The van der Waals surface area contributed by atoms with Gasteiger partial charge in [-0.05, 0) is 37.6 Å². The number of nitrogens with zero attached hydrogens (tertiary/aromatic N) is 2. The molecule has 3 N–H and O–H groups in total. The Labute approximate surface area is 113 Å². The largest absolute Gasteiger partial charge is 0.508 e. The molecule has 0 unspecified atom stereocenters. The van der Waals surface area contributed by atoms with Crippen molar-refractivity contribution in [3.05, 3.63) is 47.7 Å². The zero-order valence-electron chi connectivity index (χ0n) is 11.3. The summed E-state index contributed by atoms with van der Waals surface area (Å²) in [4.78, 5) is 6.59. The van der Waals surface area contributed by atoms with Gasteiger partial charge in [0, 0.05) is 24.8 Å². The molecule has 2 aromatic rings. The van der Waals surface area contributed by atoms with Crippen molar-refractivity contribution in [2.24, 2.45) is 5.73 Å². The predicted molar refractivity (Wildman–Crippen MR) is 77.7 cm³/mol. The highest BCUT2D eigenvalue weighted by Gasteiger charge is 2.12. The molecule has 2 rings (SSSR count). The first-order chi connectivity index (χ1) is 9.15. The number of rotatable bonds is 4. The number of aryl methyl sites for hydroxylation is 1. The van der Waals surface area contributed by atoms with Crippen molar-refractivity contribution in [3.63, 3.8) is 0 Å². The number of hydrogen-bond acceptors (Lipinski definition) is 4. The molecule has 1 aromatic heterocycles. The van der Waals surface area contributed by atoms with Gasteiger partial charge in [-0.25, -0.2) is 4.98 Å². The number of hydrogen-bond donors (Lipinski definition) is 2. The molecular formula is C15H19N3O. The number of benzene rings is 1. The lowest BCUT2D eigenvalue weighted by atomic mass is 10.1. The van der Waals surface area contributed by atoms with Gasteiger partial charge >= 0.3 is 0 Å². The van der Waals surface area contributed by atoms with Crippen LogP contribution in [0.15, 0.2) is 36.4 Å². The molecule has 100 valence electrons. The molecule has 0 atom stereocenters. The van der Waals surface area contributed by atoms with E-state index in [9.17, 15) is 5.11 Å². The number of aromatic hydroxyl groups is 1. The molecule has 1 aromatic carbocycles. The molecular weight excluding hydrogens is 238 g/mol. The number of phenols is 1. The van der Waals surface area contributed by atoms with Gasteiger partial charge in [-0.1, -0.05) is 12.1 Å². The zero-order chi connectivity index (χ0) is 13.8. The Hall–Kier alpha value is -2.07. The van der Waals surface area contributed by atoms with E-state index in [0.29, 0.717) is 6.54 Å². The molecule has 0 amide bonds. The fourth-order valence-electron chi connectivity index (χ4n) is 2.08. The maximum atomic E-state index is 9.66. The van der Waals surface area contributed by atoms with Gasteiger partial charge < -0.3 is 15.7 Å². The van der Waals surface area contributed by atoms with Gasteiger partial charge in [-0.15, -0.1) is 0 Å².